The van der Waals surface area contributed by atoms with Gasteiger partial charge in [-0.25, -0.2) is 4.79 Å². The predicted molar refractivity (Wildman–Crippen MR) is 117 cm³/mol. The first-order chi connectivity index (χ1) is 15.3. The standard InChI is InChI=1S/C23H24N2O6S/c1-23(2)19(22(28)31-13-15-9-5-3-6-10-15)25-20(27)18(21(25)32(23)29)24-17(26)14-30-16-11-7-4-8-12-16/h3-12,18-19,21H,13-14H2,1-2H3,(H,24,26)/t18-,19-,21-,32?/m0/s1. The number of hydrogen-bond acceptors (Lipinski definition) is 6. The number of ether oxygens (including phenoxy) is 2. The minimum Gasteiger partial charge on any atom is -0.484 e. The van der Waals surface area contributed by atoms with Gasteiger partial charge in [0, 0.05) is 0 Å². The molecule has 168 valence electrons. The fraction of sp³-hybridized carbons (Fsp3) is 0.348. The fourth-order valence-corrected chi connectivity index (χ4v) is 5.88. The molecule has 0 radical (unpaired) electrons. The van der Waals surface area contributed by atoms with Gasteiger partial charge >= 0.3 is 5.97 Å². The first-order valence-electron chi connectivity index (χ1n) is 10.2. The third-order valence-electron chi connectivity index (χ3n) is 5.63. The summed E-state index contributed by atoms with van der Waals surface area (Å²) < 4.78 is 22.9. The number of benzene rings is 2. The minimum atomic E-state index is -1.58. The predicted octanol–water partition coefficient (Wildman–Crippen LogP) is 1.37. The van der Waals surface area contributed by atoms with Crippen molar-refractivity contribution >= 4 is 28.6 Å². The van der Waals surface area contributed by atoms with Gasteiger partial charge in [0.25, 0.3) is 5.91 Å². The second-order valence-corrected chi connectivity index (χ2v) is 10.3. The summed E-state index contributed by atoms with van der Waals surface area (Å²) >= 11 is 0. The highest BCUT2D eigenvalue weighted by atomic mass is 32.2. The van der Waals surface area contributed by atoms with Crippen LogP contribution >= 0.6 is 0 Å². The molecule has 2 aromatic rings. The van der Waals surface area contributed by atoms with Gasteiger partial charge in [0.2, 0.25) is 5.91 Å². The van der Waals surface area contributed by atoms with Gasteiger partial charge in [-0.2, -0.15) is 0 Å². The van der Waals surface area contributed by atoms with Crippen LogP contribution in [0.2, 0.25) is 0 Å². The maximum atomic E-state index is 13.1. The lowest BCUT2D eigenvalue weighted by atomic mass is 9.96. The molecule has 9 heteroatoms. The number of fused-ring (bicyclic) bond motifs is 1. The van der Waals surface area contributed by atoms with Gasteiger partial charge in [0.05, 0.1) is 15.5 Å². The number of nitrogens with zero attached hydrogens (tertiary/aromatic N) is 1. The topological polar surface area (TPSA) is 102 Å². The zero-order valence-corrected chi connectivity index (χ0v) is 18.5. The van der Waals surface area contributed by atoms with Gasteiger partial charge in [0.1, 0.15) is 29.8 Å². The van der Waals surface area contributed by atoms with Crippen LogP contribution in [0.3, 0.4) is 0 Å². The van der Waals surface area contributed by atoms with E-state index in [4.69, 9.17) is 9.47 Å². The van der Waals surface area contributed by atoms with Gasteiger partial charge in [0.15, 0.2) is 6.61 Å². The summed E-state index contributed by atoms with van der Waals surface area (Å²) in [4.78, 5) is 39.2. The molecule has 0 bridgehead atoms. The van der Waals surface area contributed by atoms with E-state index in [9.17, 15) is 18.6 Å². The monoisotopic (exact) mass is 456 g/mol. The molecule has 2 heterocycles. The van der Waals surface area contributed by atoms with E-state index >= 15 is 0 Å². The molecule has 1 unspecified atom stereocenters. The molecule has 0 aliphatic carbocycles. The smallest absolute Gasteiger partial charge is 0.330 e. The molecule has 2 aromatic carbocycles. The molecule has 0 aromatic heterocycles. The van der Waals surface area contributed by atoms with E-state index in [0.29, 0.717) is 5.75 Å². The number of para-hydroxylation sites is 1. The molecule has 0 spiro atoms. The summed E-state index contributed by atoms with van der Waals surface area (Å²) in [7, 11) is -1.58. The molecular weight excluding hydrogens is 432 g/mol. The number of β-lactam (4-membered cyclic amide) rings is 1. The van der Waals surface area contributed by atoms with Crippen molar-refractivity contribution in [2.24, 2.45) is 0 Å². The van der Waals surface area contributed by atoms with E-state index in [-0.39, 0.29) is 13.2 Å². The van der Waals surface area contributed by atoms with Crippen molar-refractivity contribution in [1.29, 1.82) is 0 Å². The van der Waals surface area contributed by atoms with Crippen molar-refractivity contribution in [3.8, 4) is 5.75 Å². The zero-order chi connectivity index (χ0) is 22.9. The second-order valence-electron chi connectivity index (χ2n) is 8.18. The van der Waals surface area contributed by atoms with Crippen LogP contribution in [0.25, 0.3) is 0 Å². The highest BCUT2D eigenvalue weighted by Gasteiger charge is 2.68. The Balaban J connectivity index is 1.39. The van der Waals surface area contributed by atoms with Crippen LogP contribution in [0.1, 0.15) is 19.4 Å². The van der Waals surface area contributed by atoms with Crippen LogP contribution in [-0.4, -0.2) is 55.7 Å². The normalized spacial score (nSPS) is 25.4. The lowest BCUT2D eigenvalue weighted by Crippen LogP contribution is -2.71. The highest BCUT2D eigenvalue weighted by Crippen LogP contribution is 2.43. The summed E-state index contributed by atoms with van der Waals surface area (Å²) in [6.07, 6.45) is 0. The Morgan fingerprint density at radius 3 is 2.34 bits per heavy atom. The van der Waals surface area contributed by atoms with Crippen LogP contribution in [0, 0.1) is 0 Å². The Morgan fingerprint density at radius 2 is 1.69 bits per heavy atom. The van der Waals surface area contributed by atoms with Crippen molar-refractivity contribution in [1.82, 2.24) is 10.2 Å². The van der Waals surface area contributed by atoms with Crippen LogP contribution in [0.5, 0.6) is 5.75 Å². The van der Waals surface area contributed by atoms with E-state index in [2.05, 4.69) is 5.32 Å². The summed E-state index contributed by atoms with van der Waals surface area (Å²) in [6, 6.07) is 16.0. The summed E-state index contributed by atoms with van der Waals surface area (Å²) in [5, 5.41) is 1.81. The lowest BCUT2D eigenvalue weighted by molar-refractivity contribution is -0.165. The summed E-state index contributed by atoms with van der Waals surface area (Å²) in [5.41, 5.74) is 0.813. The Bertz CT molecular complexity index is 1040. The van der Waals surface area contributed by atoms with Gasteiger partial charge in [-0.3, -0.25) is 13.8 Å². The van der Waals surface area contributed by atoms with Gasteiger partial charge in [-0.1, -0.05) is 48.5 Å². The quantitative estimate of drug-likeness (QED) is 0.499. The molecule has 2 amide bonds. The maximum Gasteiger partial charge on any atom is 0.330 e. The van der Waals surface area contributed by atoms with Gasteiger partial charge < -0.3 is 19.7 Å². The fourth-order valence-electron chi connectivity index (χ4n) is 3.96. The molecule has 2 aliphatic rings. The molecule has 4 atom stereocenters. The molecule has 2 aliphatic heterocycles. The zero-order valence-electron chi connectivity index (χ0n) is 17.7. The van der Waals surface area contributed by atoms with Gasteiger partial charge in [-0.15, -0.1) is 0 Å². The van der Waals surface area contributed by atoms with Crippen LogP contribution < -0.4 is 10.1 Å². The minimum absolute atomic E-state index is 0.0581. The van der Waals surface area contributed by atoms with E-state index in [0.717, 1.165) is 5.56 Å². The molecular formula is C23H24N2O6S. The van der Waals surface area contributed by atoms with Crippen LogP contribution in [0.4, 0.5) is 0 Å². The number of esters is 1. The Kier molecular flexibility index (Phi) is 6.01. The van der Waals surface area contributed by atoms with Crippen molar-refractivity contribution in [2.45, 2.75) is 42.7 Å². The Hall–Kier alpha value is -3.20. The lowest BCUT2D eigenvalue weighted by Gasteiger charge is -2.43. The van der Waals surface area contributed by atoms with E-state index in [1.807, 2.05) is 36.4 Å². The maximum absolute atomic E-state index is 13.1. The summed E-state index contributed by atoms with van der Waals surface area (Å²) in [5.74, 6) is -1.04. The van der Waals surface area contributed by atoms with E-state index in [1.54, 1.807) is 38.1 Å². The third kappa shape index (κ3) is 4.00. The number of hydrogen-bond donors (Lipinski definition) is 1. The molecule has 4 rings (SSSR count). The number of rotatable bonds is 7. The van der Waals surface area contributed by atoms with E-state index in [1.165, 1.54) is 4.90 Å². The molecule has 1 N–H and O–H groups in total. The average Bonchev–Trinajstić information content (AvgIpc) is 2.99. The number of carbonyl (C=O) groups excluding carboxylic acids is 3. The Morgan fingerprint density at radius 1 is 1.06 bits per heavy atom. The van der Waals surface area contributed by atoms with Crippen molar-refractivity contribution in [3.63, 3.8) is 0 Å². The average molecular weight is 457 g/mol. The summed E-state index contributed by atoms with van der Waals surface area (Å²) in [6.45, 7) is 3.11. The molecule has 0 saturated carbocycles. The number of carbonyl (C=O) groups is 3. The SMILES string of the molecule is CC1(C)[C@H](C(=O)OCc2ccccc2)N2C(=O)[C@H](NC(=O)COc3ccccc3)[C@@H]2S1=O. The highest BCUT2D eigenvalue weighted by molar-refractivity contribution is 7.87. The first kappa shape index (κ1) is 22.0. The first-order valence-corrected chi connectivity index (χ1v) is 11.4. The van der Waals surface area contributed by atoms with Crippen molar-refractivity contribution in [2.75, 3.05) is 6.61 Å². The van der Waals surface area contributed by atoms with E-state index < -0.39 is 50.8 Å². The molecule has 8 nitrogen and oxygen atoms in total. The number of amides is 2. The van der Waals surface area contributed by atoms with Crippen LogP contribution in [0.15, 0.2) is 60.7 Å². The number of nitrogens with one attached hydrogen (secondary N) is 1. The van der Waals surface area contributed by atoms with Crippen molar-refractivity contribution < 1.29 is 28.1 Å². The second kappa shape index (κ2) is 8.74. The molecule has 2 saturated heterocycles. The van der Waals surface area contributed by atoms with Crippen molar-refractivity contribution in [3.05, 3.63) is 66.2 Å². The van der Waals surface area contributed by atoms with Gasteiger partial charge in [-0.05, 0) is 31.5 Å². The molecule has 32 heavy (non-hydrogen) atoms. The van der Waals surface area contributed by atoms with Crippen LogP contribution in [-0.2, 0) is 36.5 Å². The third-order valence-corrected chi connectivity index (χ3v) is 7.83. The largest absolute Gasteiger partial charge is 0.484 e. The Labute approximate surface area is 188 Å². The molecule has 2 fully saturated rings.